The first-order chi connectivity index (χ1) is 11.4. The Morgan fingerprint density at radius 1 is 1.33 bits per heavy atom. The molecule has 0 bridgehead atoms. The number of amides is 1. The lowest BCUT2D eigenvalue weighted by Gasteiger charge is -2.37. The molecule has 1 unspecified atom stereocenters. The molecule has 0 aliphatic heterocycles. The molecule has 1 saturated carbocycles. The van der Waals surface area contributed by atoms with Gasteiger partial charge in [-0.1, -0.05) is 25.5 Å². The third-order valence-electron chi connectivity index (χ3n) is 4.86. The fourth-order valence-corrected chi connectivity index (χ4v) is 3.95. The molecule has 0 saturated heterocycles. The zero-order chi connectivity index (χ0) is 17.7. The Balaban J connectivity index is 2.14. The maximum Gasteiger partial charge on any atom is 0.329 e. The van der Waals surface area contributed by atoms with Gasteiger partial charge in [-0.25, -0.2) is 4.79 Å². The second-order valence-electron chi connectivity index (χ2n) is 6.61. The van der Waals surface area contributed by atoms with Crippen molar-refractivity contribution in [1.82, 2.24) is 5.32 Å². The molecule has 2 rings (SSSR count). The highest BCUT2D eigenvalue weighted by Gasteiger charge is 2.43. The highest BCUT2D eigenvalue weighted by Crippen LogP contribution is 2.34. The highest BCUT2D eigenvalue weighted by molar-refractivity contribution is 7.83. The van der Waals surface area contributed by atoms with Crippen molar-refractivity contribution in [2.24, 2.45) is 5.92 Å². The van der Waals surface area contributed by atoms with E-state index in [1.165, 1.54) is 0 Å². The van der Waals surface area contributed by atoms with E-state index in [4.69, 9.17) is 0 Å². The second kappa shape index (κ2) is 7.92. The Labute approximate surface area is 145 Å². The number of carbonyl (C=O) groups is 2. The van der Waals surface area contributed by atoms with Gasteiger partial charge in [-0.2, -0.15) is 0 Å². The summed E-state index contributed by atoms with van der Waals surface area (Å²) in [7, 11) is -0.991. The summed E-state index contributed by atoms with van der Waals surface area (Å²) in [6.07, 6.45) is 5.21. The van der Waals surface area contributed by atoms with Crippen LogP contribution in [0.4, 0.5) is 0 Å². The summed E-state index contributed by atoms with van der Waals surface area (Å²) in [5.74, 6) is -0.423. The van der Waals surface area contributed by atoms with E-state index < -0.39 is 22.3 Å². The van der Waals surface area contributed by atoms with Gasteiger partial charge in [0.25, 0.3) is 5.91 Å². The van der Waals surface area contributed by atoms with Gasteiger partial charge < -0.3 is 10.4 Å². The first-order valence-corrected chi connectivity index (χ1v) is 10.0. The van der Waals surface area contributed by atoms with Crippen molar-refractivity contribution in [2.75, 3.05) is 6.26 Å². The number of carboxylic acid groups (broad SMARTS) is 1. The van der Waals surface area contributed by atoms with Crippen LogP contribution in [0, 0.1) is 5.92 Å². The zero-order valence-corrected chi connectivity index (χ0v) is 15.0. The zero-order valence-electron chi connectivity index (χ0n) is 14.2. The number of hydrogen-bond acceptors (Lipinski definition) is 3. The molecule has 1 amide bonds. The van der Waals surface area contributed by atoms with Crippen molar-refractivity contribution in [1.29, 1.82) is 0 Å². The summed E-state index contributed by atoms with van der Waals surface area (Å²) in [5, 5.41) is 12.4. The van der Waals surface area contributed by atoms with Crippen molar-refractivity contribution in [3.8, 4) is 0 Å². The van der Waals surface area contributed by atoms with Gasteiger partial charge in [-0.05, 0) is 49.3 Å². The first-order valence-electron chi connectivity index (χ1n) is 8.31. The van der Waals surface area contributed by atoms with Crippen LogP contribution in [0.15, 0.2) is 24.3 Å². The second-order valence-corrected chi connectivity index (χ2v) is 8.05. The molecule has 1 fully saturated rings. The molecule has 0 radical (unpaired) electrons. The number of benzene rings is 1. The van der Waals surface area contributed by atoms with Crippen molar-refractivity contribution in [3.63, 3.8) is 0 Å². The average molecular weight is 351 g/mol. The van der Waals surface area contributed by atoms with E-state index in [0.29, 0.717) is 30.1 Å². The van der Waals surface area contributed by atoms with Gasteiger partial charge in [0, 0.05) is 28.4 Å². The standard InChI is InChI=1S/C18H25NO4S/c1-3-13-7-9-18(10-8-13,17(21)22)19-16(20)15-6-4-5-14(11-15)12-24(2)23/h4-6,11,13H,3,7-10,12H2,1-2H3,(H,19,20)(H,21,22). The van der Waals surface area contributed by atoms with Gasteiger partial charge in [0.15, 0.2) is 0 Å². The van der Waals surface area contributed by atoms with E-state index in [-0.39, 0.29) is 5.91 Å². The molecule has 132 valence electrons. The van der Waals surface area contributed by atoms with E-state index in [1.807, 2.05) is 6.07 Å². The summed E-state index contributed by atoms with van der Waals surface area (Å²) in [4.78, 5) is 24.4. The van der Waals surface area contributed by atoms with Gasteiger partial charge in [0.05, 0.1) is 0 Å². The molecule has 1 atom stereocenters. The number of carboxylic acids is 1. The molecule has 2 N–H and O–H groups in total. The van der Waals surface area contributed by atoms with Gasteiger partial charge in [0.1, 0.15) is 5.54 Å². The number of hydrogen-bond donors (Lipinski definition) is 2. The SMILES string of the molecule is CCC1CCC(NC(=O)c2cccc(CS(C)=O)c2)(C(=O)O)CC1. The minimum Gasteiger partial charge on any atom is -0.480 e. The topological polar surface area (TPSA) is 83.5 Å². The summed E-state index contributed by atoms with van der Waals surface area (Å²) in [5.41, 5.74) is 0.0468. The summed E-state index contributed by atoms with van der Waals surface area (Å²) < 4.78 is 11.3. The third kappa shape index (κ3) is 4.44. The molecule has 6 heteroatoms. The van der Waals surface area contributed by atoms with E-state index in [2.05, 4.69) is 12.2 Å². The van der Waals surface area contributed by atoms with Crippen molar-refractivity contribution < 1.29 is 18.9 Å². The van der Waals surface area contributed by atoms with E-state index in [0.717, 1.165) is 24.8 Å². The fourth-order valence-electron chi connectivity index (χ4n) is 3.30. The normalized spacial score (nSPS) is 25.0. The Morgan fingerprint density at radius 3 is 2.54 bits per heavy atom. The number of rotatable bonds is 6. The average Bonchev–Trinajstić information content (AvgIpc) is 2.55. The van der Waals surface area contributed by atoms with Crippen molar-refractivity contribution in [2.45, 2.75) is 50.3 Å². The Morgan fingerprint density at radius 2 is 2.00 bits per heavy atom. The Hall–Kier alpha value is -1.69. The summed E-state index contributed by atoms with van der Waals surface area (Å²) >= 11 is 0. The predicted molar refractivity (Wildman–Crippen MR) is 94.3 cm³/mol. The molecule has 1 aromatic rings. The molecule has 1 aliphatic rings. The lowest BCUT2D eigenvalue weighted by atomic mass is 9.75. The van der Waals surface area contributed by atoms with Crippen molar-refractivity contribution >= 4 is 22.7 Å². The van der Waals surface area contributed by atoms with Gasteiger partial charge in [-0.15, -0.1) is 0 Å². The summed E-state index contributed by atoms with van der Waals surface area (Å²) in [6.45, 7) is 2.11. The smallest absolute Gasteiger partial charge is 0.329 e. The van der Waals surface area contributed by atoms with Crippen molar-refractivity contribution in [3.05, 3.63) is 35.4 Å². The molecule has 24 heavy (non-hydrogen) atoms. The van der Waals surface area contributed by atoms with Crippen LogP contribution in [0.5, 0.6) is 0 Å². The lowest BCUT2D eigenvalue weighted by Crippen LogP contribution is -2.56. The van der Waals surface area contributed by atoms with Gasteiger partial charge in [-0.3, -0.25) is 9.00 Å². The minimum absolute atomic E-state index is 0.378. The van der Waals surface area contributed by atoms with Crippen LogP contribution < -0.4 is 5.32 Å². The lowest BCUT2D eigenvalue weighted by molar-refractivity contribution is -0.146. The van der Waals surface area contributed by atoms with Crippen LogP contribution in [0.3, 0.4) is 0 Å². The van der Waals surface area contributed by atoms with Crippen LogP contribution in [0.25, 0.3) is 0 Å². The molecule has 0 heterocycles. The van der Waals surface area contributed by atoms with Crippen LogP contribution in [-0.4, -0.2) is 33.0 Å². The van der Waals surface area contributed by atoms with Gasteiger partial charge >= 0.3 is 5.97 Å². The molecule has 1 aliphatic carbocycles. The maximum absolute atomic E-state index is 12.6. The fraction of sp³-hybridized carbons (Fsp3) is 0.556. The first kappa shape index (κ1) is 18.6. The van der Waals surface area contributed by atoms with Crippen LogP contribution >= 0.6 is 0 Å². The monoisotopic (exact) mass is 351 g/mol. The van der Waals surface area contributed by atoms with E-state index in [1.54, 1.807) is 24.5 Å². The van der Waals surface area contributed by atoms with E-state index >= 15 is 0 Å². The minimum atomic E-state index is -1.17. The van der Waals surface area contributed by atoms with Crippen LogP contribution in [0.1, 0.15) is 54.9 Å². The quantitative estimate of drug-likeness (QED) is 0.825. The highest BCUT2D eigenvalue weighted by atomic mass is 32.2. The maximum atomic E-state index is 12.6. The number of aliphatic carboxylic acids is 1. The largest absolute Gasteiger partial charge is 0.480 e. The Kier molecular flexibility index (Phi) is 6.15. The third-order valence-corrected chi connectivity index (χ3v) is 5.60. The predicted octanol–water partition coefficient (Wildman–Crippen LogP) is 2.72. The molecule has 1 aromatic carbocycles. The van der Waals surface area contributed by atoms with Gasteiger partial charge in [0.2, 0.25) is 0 Å². The molecular weight excluding hydrogens is 326 g/mol. The molecule has 5 nitrogen and oxygen atoms in total. The van der Waals surface area contributed by atoms with Crippen LogP contribution in [0.2, 0.25) is 0 Å². The number of nitrogens with one attached hydrogen (secondary N) is 1. The van der Waals surface area contributed by atoms with E-state index in [9.17, 15) is 18.9 Å². The molecular formula is C18H25NO4S. The number of carbonyl (C=O) groups excluding carboxylic acids is 1. The van der Waals surface area contributed by atoms with Crippen LogP contribution in [-0.2, 0) is 21.3 Å². The molecule has 0 spiro atoms. The molecule has 0 aromatic heterocycles. The Bertz CT molecular complexity index is 636. The summed E-state index contributed by atoms with van der Waals surface area (Å²) in [6, 6.07) is 6.89.